The Balaban J connectivity index is 1.58. The van der Waals surface area contributed by atoms with E-state index in [9.17, 15) is 9.18 Å². The molecule has 3 aromatic rings. The number of amides is 1. The molecule has 3 aromatic heterocycles. The summed E-state index contributed by atoms with van der Waals surface area (Å²) >= 11 is 0. The first-order valence-electron chi connectivity index (χ1n) is 9.61. The average molecular weight is 412 g/mol. The smallest absolute Gasteiger partial charge is 0.250 e. The molecule has 0 bridgehead atoms. The largest absolute Gasteiger partial charge is 0.473 e. The van der Waals surface area contributed by atoms with Crippen LogP contribution in [-0.4, -0.2) is 34.2 Å². The van der Waals surface area contributed by atoms with Crippen LogP contribution in [0, 0.1) is 12.7 Å². The molecule has 0 atom stereocenters. The molecule has 156 valence electrons. The van der Waals surface area contributed by atoms with E-state index in [0.29, 0.717) is 53.1 Å². The lowest BCUT2D eigenvalue weighted by molar-refractivity contribution is 0.0834. The van der Waals surface area contributed by atoms with Gasteiger partial charge in [-0.25, -0.2) is 9.37 Å². The van der Waals surface area contributed by atoms with Crippen LogP contribution in [0.25, 0.3) is 11.4 Å². The van der Waals surface area contributed by atoms with Crippen LogP contribution in [0.5, 0.6) is 5.88 Å². The molecule has 1 aliphatic rings. The van der Waals surface area contributed by atoms with Crippen molar-refractivity contribution < 1.29 is 23.2 Å². The van der Waals surface area contributed by atoms with E-state index >= 15 is 0 Å². The molecule has 4 heterocycles. The van der Waals surface area contributed by atoms with Gasteiger partial charge in [0.15, 0.2) is 0 Å². The Morgan fingerprint density at radius 2 is 2.07 bits per heavy atom. The number of hydrogen-bond acceptors (Lipinski definition) is 7. The topological polar surface area (TPSA) is 113 Å². The zero-order chi connectivity index (χ0) is 21.1. The molecule has 2 N–H and O–H groups in total. The molecule has 0 aliphatic carbocycles. The Labute approximate surface area is 172 Å². The normalized spacial score (nSPS) is 14.6. The fourth-order valence-electron chi connectivity index (χ4n) is 3.45. The second-order valence-corrected chi connectivity index (χ2v) is 7.05. The van der Waals surface area contributed by atoms with Crippen LogP contribution in [0.3, 0.4) is 0 Å². The van der Waals surface area contributed by atoms with E-state index in [1.807, 2.05) is 0 Å². The molecule has 1 amide bonds. The van der Waals surface area contributed by atoms with E-state index in [1.54, 1.807) is 19.1 Å². The summed E-state index contributed by atoms with van der Waals surface area (Å²) < 4.78 is 29.7. The van der Waals surface area contributed by atoms with Gasteiger partial charge in [-0.2, -0.15) is 0 Å². The predicted octanol–water partition coefficient (Wildman–Crippen LogP) is 3.15. The van der Waals surface area contributed by atoms with Crippen LogP contribution in [-0.2, 0) is 11.3 Å². The maximum atomic E-state index is 13.2. The van der Waals surface area contributed by atoms with Crippen LogP contribution >= 0.6 is 0 Å². The molecule has 4 rings (SSSR count). The van der Waals surface area contributed by atoms with Crippen LogP contribution in [0.4, 0.5) is 4.39 Å². The molecule has 0 unspecified atom stereocenters. The zero-order valence-electron chi connectivity index (χ0n) is 16.4. The monoisotopic (exact) mass is 412 g/mol. The molecular weight excluding hydrogens is 391 g/mol. The highest BCUT2D eigenvalue weighted by atomic mass is 19.1. The summed E-state index contributed by atoms with van der Waals surface area (Å²) in [5.74, 6) is 0.0574. The predicted molar refractivity (Wildman–Crippen MR) is 104 cm³/mol. The van der Waals surface area contributed by atoms with Crippen molar-refractivity contribution >= 4 is 5.91 Å². The Kier molecular flexibility index (Phi) is 5.71. The second-order valence-electron chi connectivity index (χ2n) is 7.05. The highest BCUT2D eigenvalue weighted by molar-refractivity contribution is 5.94. The number of carbonyl (C=O) groups is 1. The number of pyridine rings is 2. The lowest BCUT2D eigenvalue weighted by atomic mass is 9.92. The minimum absolute atomic E-state index is 0.0844. The Morgan fingerprint density at radius 3 is 2.77 bits per heavy atom. The van der Waals surface area contributed by atoms with Crippen molar-refractivity contribution in [1.29, 1.82) is 0 Å². The van der Waals surface area contributed by atoms with E-state index in [2.05, 4.69) is 15.1 Å². The Hall–Kier alpha value is -3.33. The van der Waals surface area contributed by atoms with Gasteiger partial charge in [-0.15, -0.1) is 0 Å². The van der Waals surface area contributed by atoms with Gasteiger partial charge in [0.1, 0.15) is 23.9 Å². The molecule has 1 saturated heterocycles. The fraction of sp³-hybridized carbons (Fsp3) is 0.333. The number of nitrogens with two attached hydrogens (primary N) is 1. The van der Waals surface area contributed by atoms with Gasteiger partial charge >= 0.3 is 0 Å². The number of carbonyl (C=O) groups excluding carboxylic acids is 1. The summed E-state index contributed by atoms with van der Waals surface area (Å²) in [5, 5.41) is 4.02. The average Bonchev–Trinajstić information content (AvgIpc) is 3.13. The summed E-state index contributed by atoms with van der Waals surface area (Å²) in [6.45, 7) is 3.11. The quantitative estimate of drug-likeness (QED) is 0.661. The maximum Gasteiger partial charge on any atom is 0.250 e. The SMILES string of the molecule is Cc1onc(-c2ccc(F)cn2)c1COc1ccc(C(N)=O)c(C2CCOCC2)n1. The third kappa shape index (κ3) is 4.16. The summed E-state index contributed by atoms with van der Waals surface area (Å²) in [6, 6.07) is 6.08. The van der Waals surface area contributed by atoms with Crippen molar-refractivity contribution in [3.05, 3.63) is 58.9 Å². The number of aryl methyl sites for hydroxylation is 1. The third-order valence-corrected chi connectivity index (χ3v) is 5.09. The molecule has 9 heteroatoms. The van der Waals surface area contributed by atoms with Gasteiger partial charge in [-0.1, -0.05) is 5.16 Å². The summed E-state index contributed by atoms with van der Waals surface area (Å²) in [4.78, 5) is 20.5. The van der Waals surface area contributed by atoms with Crippen LogP contribution < -0.4 is 10.5 Å². The third-order valence-electron chi connectivity index (χ3n) is 5.09. The second kappa shape index (κ2) is 8.58. The minimum Gasteiger partial charge on any atom is -0.473 e. The molecule has 8 nitrogen and oxygen atoms in total. The minimum atomic E-state index is -0.518. The van der Waals surface area contributed by atoms with E-state index in [-0.39, 0.29) is 12.5 Å². The lowest BCUT2D eigenvalue weighted by Gasteiger charge is -2.23. The van der Waals surface area contributed by atoms with Crippen LogP contribution in [0.15, 0.2) is 35.0 Å². The van der Waals surface area contributed by atoms with Gasteiger partial charge in [0.05, 0.1) is 28.7 Å². The van der Waals surface area contributed by atoms with Crippen molar-refractivity contribution in [1.82, 2.24) is 15.1 Å². The standard InChI is InChI=1S/C21H21FN4O4/c1-12-16(20(26-30-12)17-4-2-14(22)10-24-17)11-29-18-5-3-15(21(23)27)19(25-18)13-6-8-28-9-7-13/h2-5,10,13H,6-9,11H2,1H3,(H2,23,27). The van der Waals surface area contributed by atoms with Crippen LogP contribution in [0.2, 0.25) is 0 Å². The first-order chi connectivity index (χ1) is 14.5. The van der Waals surface area contributed by atoms with Gasteiger partial charge < -0.3 is 19.7 Å². The molecule has 30 heavy (non-hydrogen) atoms. The summed E-state index contributed by atoms with van der Waals surface area (Å²) in [6.07, 6.45) is 2.65. The molecule has 0 aromatic carbocycles. The summed E-state index contributed by atoms with van der Waals surface area (Å²) in [7, 11) is 0. The van der Waals surface area contributed by atoms with E-state index < -0.39 is 11.7 Å². The maximum absolute atomic E-state index is 13.2. The zero-order valence-corrected chi connectivity index (χ0v) is 16.4. The highest BCUT2D eigenvalue weighted by Gasteiger charge is 2.24. The Bertz CT molecular complexity index is 1050. The van der Waals surface area contributed by atoms with Crippen LogP contribution in [0.1, 0.15) is 46.1 Å². The summed E-state index contributed by atoms with van der Waals surface area (Å²) in [5.41, 5.74) is 8.20. The molecule has 1 aliphatic heterocycles. The first-order valence-corrected chi connectivity index (χ1v) is 9.61. The first kappa shape index (κ1) is 20.0. The molecule has 0 spiro atoms. The lowest BCUT2D eigenvalue weighted by Crippen LogP contribution is -2.21. The number of halogens is 1. The molecule has 0 radical (unpaired) electrons. The van der Waals surface area contributed by atoms with Gasteiger partial charge in [-0.05, 0) is 38.0 Å². The number of ether oxygens (including phenoxy) is 2. The Morgan fingerprint density at radius 1 is 1.27 bits per heavy atom. The van der Waals surface area contributed by atoms with E-state index in [4.69, 9.17) is 19.7 Å². The number of aromatic nitrogens is 3. The highest BCUT2D eigenvalue weighted by Crippen LogP contribution is 2.30. The van der Waals surface area contributed by atoms with Gasteiger partial charge in [0, 0.05) is 25.2 Å². The van der Waals surface area contributed by atoms with Gasteiger partial charge in [0.25, 0.3) is 5.91 Å². The number of primary amides is 1. The van der Waals surface area contributed by atoms with Crippen molar-refractivity contribution in [3.8, 4) is 17.3 Å². The number of nitrogens with zero attached hydrogens (tertiary/aromatic N) is 3. The molecule has 0 saturated carbocycles. The van der Waals surface area contributed by atoms with E-state index in [0.717, 1.165) is 19.0 Å². The number of rotatable bonds is 6. The van der Waals surface area contributed by atoms with Crippen molar-refractivity contribution in [3.63, 3.8) is 0 Å². The fourth-order valence-corrected chi connectivity index (χ4v) is 3.45. The van der Waals surface area contributed by atoms with E-state index in [1.165, 1.54) is 12.1 Å². The van der Waals surface area contributed by atoms with Crippen molar-refractivity contribution in [2.45, 2.75) is 32.3 Å². The van der Waals surface area contributed by atoms with Crippen molar-refractivity contribution in [2.24, 2.45) is 5.73 Å². The molecule has 1 fully saturated rings. The number of hydrogen-bond donors (Lipinski definition) is 1. The molecular formula is C21H21FN4O4. The van der Waals surface area contributed by atoms with Gasteiger partial charge in [0.2, 0.25) is 5.88 Å². The van der Waals surface area contributed by atoms with Crippen molar-refractivity contribution in [2.75, 3.05) is 13.2 Å². The van der Waals surface area contributed by atoms with Gasteiger partial charge in [-0.3, -0.25) is 9.78 Å².